The summed E-state index contributed by atoms with van der Waals surface area (Å²) in [5.41, 5.74) is 5.23. The highest BCUT2D eigenvalue weighted by Crippen LogP contribution is 2.21. The van der Waals surface area contributed by atoms with Gasteiger partial charge in [0.1, 0.15) is 0 Å². The lowest BCUT2D eigenvalue weighted by Crippen LogP contribution is -1.81. The zero-order valence-corrected chi connectivity index (χ0v) is 7.73. The first-order valence-electron chi connectivity index (χ1n) is 4.24. The first-order chi connectivity index (χ1) is 5.68. The molecule has 0 saturated heterocycles. The second-order valence-electron chi connectivity index (χ2n) is 3.42. The van der Waals surface area contributed by atoms with Crippen molar-refractivity contribution in [2.45, 2.75) is 20.8 Å². The number of aryl methyl sites for hydroxylation is 3. The highest BCUT2D eigenvalue weighted by molar-refractivity contribution is 5.84. The van der Waals surface area contributed by atoms with Gasteiger partial charge in [-0.15, -0.1) is 0 Å². The van der Waals surface area contributed by atoms with E-state index in [0.29, 0.717) is 0 Å². The minimum Gasteiger partial charge on any atom is -0.358 e. The number of rotatable bonds is 0. The van der Waals surface area contributed by atoms with Gasteiger partial charge in [0.25, 0.3) is 0 Å². The number of hydrogen-bond donors (Lipinski definition) is 1. The monoisotopic (exact) mass is 159 g/mol. The van der Waals surface area contributed by atoms with Crippen molar-refractivity contribution in [3.63, 3.8) is 0 Å². The molecule has 0 bridgehead atoms. The summed E-state index contributed by atoms with van der Waals surface area (Å²) in [6.45, 7) is 6.40. The van der Waals surface area contributed by atoms with E-state index in [0.717, 1.165) is 0 Å². The van der Waals surface area contributed by atoms with Crippen LogP contribution in [0, 0.1) is 20.8 Å². The van der Waals surface area contributed by atoms with Crippen molar-refractivity contribution in [3.05, 3.63) is 35.0 Å². The standard InChI is InChI=1S/C11H13N/c1-7-4-5-10-6-8(2)12-11(10)9(7)3/h4-6,12H,1-3H3. The molecule has 1 aromatic carbocycles. The molecule has 0 unspecified atom stereocenters. The highest BCUT2D eigenvalue weighted by Gasteiger charge is 2.01. The lowest BCUT2D eigenvalue weighted by molar-refractivity contribution is 1.27. The van der Waals surface area contributed by atoms with Crippen LogP contribution in [-0.2, 0) is 0 Å². The smallest absolute Gasteiger partial charge is 0.0488 e. The molecular weight excluding hydrogens is 146 g/mol. The molecule has 0 fully saturated rings. The van der Waals surface area contributed by atoms with E-state index in [2.05, 4.69) is 44.0 Å². The van der Waals surface area contributed by atoms with Crippen molar-refractivity contribution in [1.29, 1.82) is 0 Å². The molecule has 0 amide bonds. The van der Waals surface area contributed by atoms with Gasteiger partial charge in [-0.05, 0) is 43.4 Å². The Balaban J connectivity index is 2.89. The van der Waals surface area contributed by atoms with Crippen LogP contribution in [0.1, 0.15) is 16.8 Å². The van der Waals surface area contributed by atoms with Crippen LogP contribution in [0.5, 0.6) is 0 Å². The molecule has 0 aliphatic carbocycles. The Bertz CT molecular complexity index is 424. The maximum atomic E-state index is 3.37. The third-order valence-electron chi connectivity index (χ3n) is 2.46. The molecule has 2 aromatic rings. The Kier molecular flexibility index (Phi) is 1.47. The van der Waals surface area contributed by atoms with Gasteiger partial charge < -0.3 is 4.98 Å². The van der Waals surface area contributed by atoms with Gasteiger partial charge in [0.05, 0.1) is 0 Å². The van der Waals surface area contributed by atoms with Crippen molar-refractivity contribution < 1.29 is 0 Å². The second-order valence-corrected chi connectivity index (χ2v) is 3.42. The molecule has 0 aliphatic heterocycles. The van der Waals surface area contributed by atoms with Crippen molar-refractivity contribution >= 4 is 10.9 Å². The Morgan fingerprint density at radius 2 is 1.83 bits per heavy atom. The molecule has 1 N–H and O–H groups in total. The molecule has 0 spiro atoms. The molecule has 1 nitrogen and oxygen atoms in total. The van der Waals surface area contributed by atoms with Crippen molar-refractivity contribution in [2.75, 3.05) is 0 Å². The van der Waals surface area contributed by atoms with E-state index in [1.165, 1.54) is 27.7 Å². The van der Waals surface area contributed by atoms with Crippen LogP contribution >= 0.6 is 0 Å². The van der Waals surface area contributed by atoms with Crippen molar-refractivity contribution in [2.24, 2.45) is 0 Å². The molecule has 0 atom stereocenters. The van der Waals surface area contributed by atoms with Crippen molar-refractivity contribution in [3.8, 4) is 0 Å². The number of nitrogens with one attached hydrogen (secondary N) is 1. The van der Waals surface area contributed by atoms with E-state index in [-0.39, 0.29) is 0 Å². The zero-order valence-electron chi connectivity index (χ0n) is 7.73. The summed E-state index contributed by atoms with van der Waals surface area (Å²) in [7, 11) is 0. The summed E-state index contributed by atoms with van der Waals surface area (Å²) in [4.78, 5) is 3.37. The summed E-state index contributed by atoms with van der Waals surface area (Å²) < 4.78 is 0. The summed E-state index contributed by atoms with van der Waals surface area (Å²) in [6.07, 6.45) is 0. The van der Waals surface area contributed by atoms with E-state index < -0.39 is 0 Å². The molecule has 1 heterocycles. The molecule has 0 saturated carbocycles. The minimum absolute atomic E-state index is 1.23. The largest absolute Gasteiger partial charge is 0.358 e. The van der Waals surface area contributed by atoms with Crippen LogP contribution in [0.2, 0.25) is 0 Å². The fourth-order valence-corrected chi connectivity index (χ4v) is 1.59. The summed E-state index contributed by atoms with van der Waals surface area (Å²) in [5, 5.41) is 1.32. The normalized spacial score (nSPS) is 10.9. The lowest BCUT2D eigenvalue weighted by atomic mass is 10.1. The Morgan fingerprint density at radius 1 is 1.08 bits per heavy atom. The second kappa shape index (κ2) is 2.37. The first-order valence-corrected chi connectivity index (χ1v) is 4.24. The van der Waals surface area contributed by atoms with E-state index in [1.54, 1.807) is 0 Å². The summed E-state index contributed by atoms with van der Waals surface area (Å²) in [6, 6.07) is 6.52. The molecular formula is C11H13N. The number of aromatic nitrogens is 1. The van der Waals surface area contributed by atoms with Gasteiger partial charge in [-0.1, -0.05) is 12.1 Å². The van der Waals surface area contributed by atoms with Crippen LogP contribution in [0.4, 0.5) is 0 Å². The van der Waals surface area contributed by atoms with Crippen molar-refractivity contribution in [1.82, 2.24) is 4.98 Å². The van der Waals surface area contributed by atoms with E-state index in [1.807, 2.05) is 0 Å². The Morgan fingerprint density at radius 3 is 2.58 bits per heavy atom. The number of aromatic amines is 1. The quantitative estimate of drug-likeness (QED) is 0.608. The molecule has 0 radical (unpaired) electrons. The zero-order chi connectivity index (χ0) is 8.72. The summed E-state index contributed by atoms with van der Waals surface area (Å²) >= 11 is 0. The van der Waals surface area contributed by atoms with Crippen LogP contribution in [-0.4, -0.2) is 4.98 Å². The maximum absolute atomic E-state index is 3.37. The van der Waals surface area contributed by atoms with Gasteiger partial charge >= 0.3 is 0 Å². The fourth-order valence-electron chi connectivity index (χ4n) is 1.59. The molecule has 1 aromatic heterocycles. The lowest BCUT2D eigenvalue weighted by Gasteiger charge is -1.99. The Labute approximate surface area is 72.4 Å². The predicted molar refractivity (Wildman–Crippen MR) is 52.5 cm³/mol. The average Bonchev–Trinajstić information content (AvgIpc) is 2.39. The van der Waals surface area contributed by atoms with Crippen LogP contribution < -0.4 is 0 Å². The topological polar surface area (TPSA) is 15.8 Å². The Hall–Kier alpha value is -1.24. The van der Waals surface area contributed by atoms with Gasteiger partial charge in [0, 0.05) is 11.2 Å². The number of benzene rings is 1. The average molecular weight is 159 g/mol. The van der Waals surface area contributed by atoms with Crippen LogP contribution in [0.15, 0.2) is 18.2 Å². The van der Waals surface area contributed by atoms with E-state index in [9.17, 15) is 0 Å². The number of fused-ring (bicyclic) bond motifs is 1. The van der Waals surface area contributed by atoms with Gasteiger partial charge in [-0.2, -0.15) is 0 Å². The van der Waals surface area contributed by atoms with Crippen LogP contribution in [0.3, 0.4) is 0 Å². The fraction of sp³-hybridized carbons (Fsp3) is 0.273. The third kappa shape index (κ3) is 0.934. The number of H-pyrrole nitrogens is 1. The highest BCUT2D eigenvalue weighted by atomic mass is 14.7. The van der Waals surface area contributed by atoms with Gasteiger partial charge in [0.15, 0.2) is 0 Å². The predicted octanol–water partition coefficient (Wildman–Crippen LogP) is 3.09. The first kappa shape index (κ1) is 7.41. The third-order valence-corrected chi connectivity index (χ3v) is 2.46. The van der Waals surface area contributed by atoms with Crippen LogP contribution in [0.25, 0.3) is 10.9 Å². The number of hydrogen-bond acceptors (Lipinski definition) is 0. The molecule has 0 aliphatic rings. The SMILES string of the molecule is Cc1cc2ccc(C)c(C)c2[nH]1. The van der Waals surface area contributed by atoms with Gasteiger partial charge in [0.2, 0.25) is 0 Å². The molecule has 12 heavy (non-hydrogen) atoms. The maximum Gasteiger partial charge on any atom is 0.0488 e. The van der Waals surface area contributed by atoms with E-state index in [4.69, 9.17) is 0 Å². The molecule has 2 rings (SSSR count). The summed E-state index contributed by atoms with van der Waals surface area (Å²) in [5.74, 6) is 0. The van der Waals surface area contributed by atoms with Gasteiger partial charge in [-0.3, -0.25) is 0 Å². The van der Waals surface area contributed by atoms with E-state index >= 15 is 0 Å². The molecule has 1 heteroatoms. The molecule has 62 valence electrons. The van der Waals surface area contributed by atoms with Gasteiger partial charge in [-0.25, -0.2) is 0 Å². The minimum atomic E-state index is 1.23.